The van der Waals surface area contributed by atoms with Crippen molar-refractivity contribution in [1.82, 2.24) is 5.32 Å². The van der Waals surface area contributed by atoms with Crippen LogP contribution in [0.1, 0.15) is 19.4 Å². The summed E-state index contributed by atoms with van der Waals surface area (Å²) in [6.45, 7) is 4.71. The van der Waals surface area contributed by atoms with Gasteiger partial charge in [-0.05, 0) is 37.6 Å². The highest BCUT2D eigenvalue weighted by atomic mass is 32.2. The molecular formula is C11H17FN2O2S. The lowest BCUT2D eigenvalue weighted by Gasteiger charge is -2.13. The second-order valence-corrected chi connectivity index (χ2v) is 5.52. The van der Waals surface area contributed by atoms with Gasteiger partial charge in [-0.2, -0.15) is 0 Å². The monoisotopic (exact) mass is 260 g/mol. The molecule has 17 heavy (non-hydrogen) atoms. The van der Waals surface area contributed by atoms with Crippen LogP contribution in [0.2, 0.25) is 0 Å². The van der Waals surface area contributed by atoms with Gasteiger partial charge in [-0.1, -0.05) is 13.0 Å². The maximum Gasteiger partial charge on any atom is 0.238 e. The first-order valence-electron chi connectivity index (χ1n) is 5.39. The molecule has 0 saturated carbocycles. The van der Waals surface area contributed by atoms with Gasteiger partial charge < -0.3 is 5.32 Å². The van der Waals surface area contributed by atoms with Crippen molar-refractivity contribution in [1.29, 1.82) is 0 Å². The highest BCUT2D eigenvalue weighted by molar-refractivity contribution is 7.89. The third-order valence-corrected chi connectivity index (χ3v) is 3.34. The molecule has 0 spiro atoms. The number of nitrogens with two attached hydrogens (primary N) is 1. The Labute approximate surface area is 101 Å². The van der Waals surface area contributed by atoms with E-state index in [0.717, 1.165) is 12.6 Å². The fourth-order valence-electron chi connectivity index (χ4n) is 1.62. The van der Waals surface area contributed by atoms with Crippen LogP contribution in [-0.4, -0.2) is 21.0 Å². The molecule has 0 saturated heterocycles. The van der Waals surface area contributed by atoms with Gasteiger partial charge in [0.25, 0.3) is 0 Å². The Morgan fingerprint density at radius 2 is 2.12 bits per heavy atom. The Balaban J connectivity index is 2.91. The van der Waals surface area contributed by atoms with Gasteiger partial charge in [-0.3, -0.25) is 0 Å². The Morgan fingerprint density at radius 1 is 1.47 bits per heavy atom. The molecule has 1 aromatic carbocycles. The lowest BCUT2D eigenvalue weighted by Crippen LogP contribution is -2.28. The summed E-state index contributed by atoms with van der Waals surface area (Å²) in [6.07, 6.45) is 0.505. The van der Waals surface area contributed by atoms with Crippen LogP contribution in [0.4, 0.5) is 4.39 Å². The van der Waals surface area contributed by atoms with Crippen LogP contribution >= 0.6 is 0 Å². The molecule has 1 rings (SSSR count). The zero-order chi connectivity index (χ0) is 13.1. The van der Waals surface area contributed by atoms with E-state index in [-0.39, 0.29) is 10.9 Å². The second-order valence-electron chi connectivity index (χ2n) is 3.96. The second kappa shape index (κ2) is 5.57. The van der Waals surface area contributed by atoms with E-state index in [1.807, 2.05) is 13.8 Å². The summed E-state index contributed by atoms with van der Waals surface area (Å²) >= 11 is 0. The summed E-state index contributed by atoms with van der Waals surface area (Å²) in [7, 11) is -3.84. The first kappa shape index (κ1) is 14.1. The molecule has 96 valence electrons. The summed E-state index contributed by atoms with van der Waals surface area (Å²) in [6, 6.07) is 3.88. The van der Waals surface area contributed by atoms with Crippen molar-refractivity contribution in [2.24, 2.45) is 5.14 Å². The third-order valence-electron chi connectivity index (χ3n) is 2.43. The summed E-state index contributed by atoms with van der Waals surface area (Å²) in [5, 5.41) is 8.07. The topological polar surface area (TPSA) is 72.2 Å². The third kappa shape index (κ3) is 4.07. The number of rotatable bonds is 5. The first-order chi connectivity index (χ1) is 7.84. The molecule has 0 aromatic heterocycles. The maximum atomic E-state index is 13.6. The van der Waals surface area contributed by atoms with Crippen LogP contribution in [0.3, 0.4) is 0 Å². The molecule has 1 atom stereocenters. The fraction of sp³-hybridized carbons (Fsp3) is 0.455. The molecule has 6 heteroatoms. The van der Waals surface area contributed by atoms with E-state index in [2.05, 4.69) is 5.32 Å². The number of nitrogens with one attached hydrogen (secondary N) is 1. The molecule has 0 aliphatic heterocycles. The molecule has 3 N–H and O–H groups in total. The van der Waals surface area contributed by atoms with E-state index in [9.17, 15) is 12.8 Å². The van der Waals surface area contributed by atoms with Gasteiger partial charge in [-0.15, -0.1) is 0 Å². The van der Waals surface area contributed by atoms with Gasteiger partial charge in [0.1, 0.15) is 5.82 Å². The van der Waals surface area contributed by atoms with Crippen molar-refractivity contribution >= 4 is 10.0 Å². The van der Waals surface area contributed by atoms with Gasteiger partial charge >= 0.3 is 0 Å². The van der Waals surface area contributed by atoms with Crippen LogP contribution in [0.25, 0.3) is 0 Å². The molecular weight excluding hydrogens is 243 g/mol. The standard InChI is InChI=1S/C11H17FN2O2S/c1-3-14-8(2)6-9-4-5-10(7-11(9)12)17(13,15)16/h4-5,7-8,14H,3,6H2,1-2H3,(H2,13,15,16). The SMILES string of the molecule is CCNC(C)Cc1ccc(S(N)(=O)=O)cc1F. The molecule has 0 amide bonds. The predicted molar refractivity (Wildman–Crippen MR) is 64.6 cm³/mol. The van der Waals surface area contributed by atoms with E-state index in [1.165, 1.54) is 12.1 Å². The Kier molecular flexibility index (Phi) is 4.62. The van der Waals surface area contributed by atoms with Crippen molar-refractivity contribution in [3.63, 3.8) is 0 Å². The zero-order valence-corrected chi connectivity index (χ0v) is 10.7. The van der Waals surface area contributed by atoms with Crippen molar-refractivity contribution in [2.75, 3.05) is 6.54 Å². The lowest BCUT2D eigenvalue weighted by molar-refractivity contribution is 0.538. The Hall–Kier alpha value is -0.980. The van der Waals surface area contributed by atoms with Gasteiger partial charge in [0.15, 0.2) is 0 Å². The summed E-state index contributed by atoms with van der Waals surface area (Å²) < 4.78 is 35.7. The molecule has 0 bridgehead atoms. The van der Waals surface area contributed by atoms with Crippen LogP contribution in [0, 0.1) is 5.82 Å². The molecule has 0 radical (unpaired) electrons. The van der Waals surface area contributed by atoms with E-state index in [4.69, 9.17) is 5.14 Å². The zero-order valence-electron chi connectivity index (χ0n) is 9.90. The van der Waals surface area contributed by atoms with Gasteiger partial charge in [-0.25, -0.2) is 17.9 Å². The predicted octanol–water partition coefficient (Wildman–Crippen LogP) is 1.01. The van der Waals surface area contributed by atoms with Crippen LogP contribution in [0.5, 0.6) is 0 Å². The minimum atomic E-state index is -3.84. The number of benzene rings is 1. The minimum absolute atomic E-state index is 0.134. The van der Waals surface area contributed by atoms with Gasteiger partial charge in [0.05, 0.1) is 4.90 Å². The molecule has 4 nitrogen and oxygen atoms in total. The maximum absolute atomic E-state index is 13.6. The van der Waals surface area contributed by atoms with E-state index in [1.54, 1.807) is 0 Å². The van der Waals surface area contributed by atoms with Crippen molar-refractivity contribution in [2.45, 2.75) is 31.2 Å². The van der Waals surface area contributed by atoms with Crippen molar-refractivity contribution in [3.05, 3.63) is 29.6 Å². The number of likely N-dealkylation sites (N-methyl/N-ethyl adjacent to an activating group) is 1. The molecule has 1 unspecified atom stereocenters. The van der Waals surface area contributed by atoms with Gasteiger partial charge in [0.2, 0.25) is 10.0 Å². The lowest BCUT2D eigenvalue weighted by atomic mass is 10.1. The average molecular weight is 260 g/mol. The highest BCUT2D eigenvalue weighted by Crippen LogP contribution is 2.15. The molecule has 0 fully saturated rings. The normalized spacial score (nSPS) is 13.6. The number of hydrogen-bond donors (Lipinski definition) is 2. The number of primary sulfonamides is 1. The Morgan fingerprint density at radius 3 is 2.59 bits per heavy atom. The molecule has 1 aromatic rings. The number of hydrogen-bond acceptors (Lipinski definition) is 3. The summed E-state index contributed by atoms with van der Waals surface area (Å²) in [5.41, 5.74) is 0.478. The quantitative estimate of drug-likeness (QED) is 0.830. The molecule has 0 heterocycles. The van der Waals surface area contributed by atoms with Crippen LogP contribution in [-0.2, 0) is 16.4 Å². The first-order valence-corrected chi connectivity index (χ1v) is 6.93. The van der Waals surface area contributed by atoms with E-state index < -0.39 is 15.8 Å². The van der Waals surface area contributed by atoms with Crippen LogP contribution in [0.15, 0.2) is 23.1 Å². The average Bonchev–Trinajstić information content (AvgIpc) is 2.20. The summed E-state index contributed by atoms with van der Waals surface area (Å²) in [4.78, 5) is -0.199. The van der Waals surface area contributed by atoms with E-state index in [0.29, 0.717) is 12.0 Å². The summed E-state index contributed by atoms with van der Waals surface area (Å²) in [5.74, 6) is -0.540. The van der Waals surface area contributed by atoms with Crippen molar-refractivity contribution < 1.29 is 12.8 Å². The number of sulfonamides is 1. The minimum Gasteiger partial charge on any atom is -0.314 e. The molecule has 0 aliphatic rings. The van der Waals surface area contributed by atoms with Crippen LogP contribution < -0.4 is 10.5 Å². The van der Waals surface area contributed by atoms with Crippen molar-refractivity contribution in [3.8, 4) is 0 Å². The fourth-order valence-corrected chi connectivity index (χ4v) is 2.15. The molecule has 0 aliphatic carbocycles. The highest BCUT2D eigenvalue weighted by Gasteiger charge is 2.12. The van der Waals surface area contributed by atoms with E-state index >= 15 is 0 Å². The van der Waals surface area contributed by atoms with Gasteiger partial charge in [0, 0.05) is 6.04 Å². The number of halogens is 1. The Bertz CT molecular complexity index is 488. The smallest absolute Gasteiger partial charge is 0.238 e. The largest absolute Gasteiger partial charge is 0.314 e.